The summed E-state index contributed by atoms with van der Waals surface area (Å²) in [5, 5.41) is 10.1. The van der Waals surface area contributed by atoms with E-state index in [9.17, 15) is 4.79 Å². The van der Waals surface area contributed by atoms with Gasteiger partial charge >= 0.3 is 0 Å². The lowest BCUT2D eigenvalue weighted by atomic mass is 10.1. The van der Waals surface area contributed by atoms with Crippen LogP contribution in [0.3, 0.4) is 0 Å². The van der Waals surface area contributed by atoms with E-state index in [0.717, 1.165) is 41.9 Å². The first-order valence-corrected chi connectivity index (χ1v) is 8.72. The molecule has 1 aliphatic heterocycles. The molecule has 2 unspecified atom stereocenters. The molecule has 0 spiro atoms. The van der Waals surface area contributed by atoms with Crippen LogP contribution in [0.4, 0.5) is 5.69 Å². The fourth-order valence-electron chi connectivity index (χ4n) is 3.31. The zero-order valence-electron chi connectivity index (χ0n) is 14.8. The highest BCUT2D eigenvalue weighted by atomic mass is 16.5. The molecule has 0 radical (unpaired) electrons. The molecule has 0 saturated carbocycles. The number of H-pyrrole nitrogens is 1. The van der Waals surface area contributed by atoms with Gasteiger partial charge in [-0.3, -0.25) is 9.48 Å². The number of hydrogen-bond acceptors (Lipinski definition) is 5. The first kappa shape index (κ1) is 16.7. The lowest BCUT2D eigenvalue weighted by molar-refractivity contribution is -0.118. The Morgan fingerprint density at radius 2 is 2.35 bits per heavy atom. The molecule has 1 amide bonds. The van der Waals surface area contributed by atoms with E-state index in [2.05, 4.69) is 25.7 Å². The molecule has 0 bridgehead atoms. The summed E-state index contributed by atoms with van der Waals surface area (Å²) in [5.74, 6) is 0.711. The molecule has 0 aliphatic carbocycles. The molecule has 136 valence electrons. The smallest absolute Gasteiger partial charge is 0.246 e. The third kappa shape index (κ3) is 3.21. The van der Waals surface area contributed by atoms with Crippen molar-refractivity contribution in [2.75, 3.05) is 19.0 Å². The summed E-state index contributed by atoms with van der Waals surface area (Å²) in [5.41, 5.74) is 3.28. The van der Waals surface area contributed by atoms with Gasteiger partial charge in [0.05, 0.1) is 17.2 Å². The number of ether oxygens (including phenoxy) is 1. The second kappa shape index (κ2) is 6.89. The van der Waals surface area contributed by atoms with Crippen molar-refractivity contribution in [1.29, 1.82) is 0 Å². The van der Waals surface area contributed by atoms with Crippen LogP contribution >= 0.6 is 0 Å². The number of nitrogens with zero attached hydrogens (tertiary/aromatic N) is 3. The Hall–Kier alpha value is -2.71. The zero-order chi connectivity index (χ0) is 18.1. The first-order chi connectivity index (χ1) is 12.6. The fourth-order valence-corrected chi connectivity index (χ4v) is 3.31. The molecule has 3 N–H and O–H groups in total. The number of fused-ring (bicyclic) bond motifs is 1. The van der Waals surface area contributed by atoms with Crippen LogP contribution in [-0.4, -0.2) is 39.3 Å². The maximum Gasteiger partial charge on any atom is 0.246 e. The molecular formula is C18H22N6O2. The summed E-state index contributed by atoms with van der Waals surface area (Å²) in [6.45, 7) is 0.781. The topological polar surface area (TPSA) is 96.9 Å². The predicted octanol–water partition coefficient (Wildman–Crippen LogP) is 2.05. The lowest BCUT2D eigenvalue weighted by Crippen LogP contribution is -2.30. The summed E-state index contributed by atoms with van der Waals surface area (Å²) < 4.78 is 7.36. The normalized spacial score (nSPS) is 18.3. The minimum Gasteiger partial charge on any atom is -0.370 e. The van der Waals surface area contributed by atoms with Gasteiger partial charge in [-0.15, -0.1) is 0 Å². The van der Waals surface area contributed by atoms with E-state index in [0.29, 0.717) is 5.69 Å². The Morgan fingerprint density at radius 1 is 1.46 bits per heavy atom. The summed E-state index contributed by atoms with van der Waals surface area (Å²) in [6.07, 6.45) is 5.60. The van der Waals surface area contributed by atoms with Gasteiger partial charge in [-0.25, -0.2) is 4.98 Å². The average molecular weight is 354 g/mol. The Balaban J connectivity index is 1.53. The number of nitrogens with one attached hydrogen (secondary N) is 3. The standard InChI is InChI=1S/C18H22N6O2/c1-19-16(11-9-20-24(2)10-11)18(25)21-12-5-6-13-14(8-12)23-17(22-13)15-4-3-7-26-15/h5-6,8-10,15-16,19H,3-4,7H2,1-2H3,(H,21,25)(H,22,23). The Morgan fingerprint density at radius 3 is 3.04 bits per heavy atom. The average Bonchev–Trinajstić information content (AvgIpc) is 3.35. The first-order valence-electron chi connectivity index (χ1n) is 8.72. The molecule has 4 rings (SSSR count). The number of carbonyl (C=O) groups is 1. The van der Waals surface area contributed by atoms with Crippen molar-refractivity contribution in [1.82, 2.24) is 25.1 Å². The third-order valence-corrected chi connectivity index (χ3v) is 4.61. The van der Waals surface area contributed by atoms with Crippen LogP contribution < -0.4 is 10.6 Å². The number of carbonyl (C=O) groups excluding carboxylic acids is 1. The summed E-state index contributed by atoms with van der Waals surface area (Å²) in [6, 6.07) is 5.19. The number of benzene rings is 1. The van der Waals surface area contributed by atoms with Crippen molar-refractivity contribution < 1.29 is 9.53 Å². The molecule has 1 fully saturated rings. The van der Waals surface area contributed by atoms with Gasteiger partial charge < -0.3 is 20.4 Å². The van der Waals surface area contributed by atoms with Gasteiger partial charge in [-0.1, -0.05) is 0 Å². The SMILES string of the molecule is CNC(C(=O)Nc1ccc2nc(C3CCCO3)[nH]c2c1)c1cnn(C)c1. The number of aromatic amines is 1. The second-order valence-corrected chi connectivity index (χ2v) is 6.51. The predicted molar refractivity (Wildman–Crippen MR) is 97.7 cm³/mol. The number of anilines is 1. The van der Waals surface area contributed by atoms with Gasteiger partial charge in [0.1, 0.15) is 18.0 Å². The van der Waals surface area contributed by atoms with E-state index in [1.54, 1.807) is 17.9 Å². The van der Waals surface area contributed by atoms with E-state index < -0.39 is 6.04 Å². The number of imidazole rings is 1. The van der Waals surface area contributed by atoms with Crippen LogP contribution in [0.1, 0.15) is 36.4 Å². The fraction of sp³-hybridized carbons (Fsp3) is 0.389. The van der Waals surface area contributed by atoms with Crippen LogP contribution in [0.5, 0.6) is 0 Å². The zero-order valence-corrected chi connectivity index (χ0v) is 14.8. The number of hydrogen-bond donors (Lipinski definition) is 3. The van der Waals surface area contributed by atoms with Crippen molar-refractivity contribution >= 4 is 22.6 Å². The quantitative estimate of drug-likeness (QED) is 0.651. The van der Waals surface area contributed by atoms with Crippen LogP contribution in [0, 0.1) is 0 Å². The van der Waals surface area contributed by atoms with Crippen LogP contribution in [0.15, 0.2) is 30.6 Å². The van der Waals surface area contributed by atoms with Crippen molar-refractivity contribution in [3.8, 4) is 0 Å². The molecule has 26 heavy (non-hydrogen) atoms. The summed E-state index contributed by atoms with van der Waals surface area (Å²) in [4.78, 5) is 20.6. The van der Waals surface area contributed by atoms with Crippen molar-refractivity contribution in [3.05, 3.63) is 42.0 Å². The maximum atomic E-state index is 12.6. The van der Waals surface area contributed by atoms with Gasteiger partial charge in [0.25, 0.3) is 0 Å². The van der Waals surface area contributed by atoms with Gasteiger partial charge in [-0.2, -0.15) is 5.10 Å². The van der Waals surface area contributed by atoms with Crippen LogP contribution in [-0.2, 0) is 16.6 Å². The van der Waals surface area contributed by atoms with Crippen LogP contribution in [0.25, 0.3) is 11.0 Å². The molecule has 3 aromatic rings. The van der Waals surface area contributed by atoms with E-state index >= 15 is 0 Å². The maximum absolute atomic E-state index is 12.6. The Labute approximate surface area is 150 Å². The number of rotatable bonds is 5. The van der Waals surface area contributed by atoms with Crippen molar-refractivity contribution in [3.63, 3.8) is 0 Å². The van der Waals surface area contributed by atoms with E-state index in [1.165, 1.54) is 0 Å². The molecule has 3 heterocycles. The van der Waals surface area contributed by atoms with Gasteiger partial charge in [0, 0.05) is 31.1 Å². The van der Waals surface area contributed by atoms with Gasteiger partial charge in [0.15, 0.2) is 0 Å². The minimum absolute atomic E-state index is 0.0414. The second-order valence-electron chi connectivity index (χ2n) is 6.51. The molecule has 1 saturated heterocycles. The number of likely N-dealkylation sites (N-methyl/N-ethyl adjacent to an activating group) is 1. The van der Waals surface area contributed by atoms with Gasteiger partial charge in [-0.05, 0) is 38.1 Å². The Bertz CT molecular complexity index is 925. The minimum atomic E-state index is -0.469. The molecule has 2 atom stereocenters. The van der Waals surface area contributed by atoms with E-state index in [4.69, 9.17) is 4.74 Å². The third-order valence-electron chi connectivity index (χ3n) is 4.61. The number of aryl methyl sites for hydroxylation is 1. The highest BCUT2D eigenvalue weighted by molar-refractivity contribution is 5.97. The molecule has 1 aliphatic rings. The number of amides is 1. The highest BCUT2D eigenvalue weighted by Crippen LogP contribution is 2.28. The van der Waals surface area contributed by atoms with Crippen LogP contribution in [0.2, 0.25) is 0 Å². The molecule has 1 aromatic carbocycles. The summed E-state index contributed by atoms with van der Waals surface area (Å²) >= 11 is 0. The van der Waals surface area contributed by atoms with Crippen molar-refractivity contribution in [2.45, 2.75) is 25.0 Å². The molecular weight excluding hydrogens is 332 g/mol. The lowest BCUT2D eigenvalue weighted by Gasteiger charge is -2.14. The van der Waals surface area contributed by atoms with Gasteiger partial charge in [0.2, 0.25) is 5.91 Å². The van der Waals surface area contributed by atoms with E-state index in [-0.39, 0.29) is 12.0 Å². The molecule has 8 heteroatoms. The molecule has 8 nitrogen and oxygen atoms in total. The monoisotopic (exact) mass is 354 g/mol. The van der Waals surface area contributed by atoms with E-state index in [1.807, 2.05) is 31.4 Å². The molecule has 2 aromatic heterocycles. The summed E-state index contributed by atoms with van der Waals surface area (Å²) in [7, 11) is 3.58. The van der Waals surface area contributed by atoms with Crippen molar-refractivity contribution in [2.24, 2.45) is 7.05 Å². The Kier molecular flexibility index (Phi) is 4.44. The highest BCUT2D eigenvalue weighted by Gasteiger charge is 2.22. The number of aromatic nitrogens is 4. The largest absolute Gasteiger partial charge is 0.370 e.